The van der Waals surface area contributed by atoms with Crippen molar-refractivity contribution in [2.45, 2.75) is 60.8 Å². The molecule has 0 N–H and O–H groups in total. The molecular weight excluding hydrogens is 204 g/mol. The first kappa shape index (κ1) is 13.4. The van der Waals surface area contributed by atoms with E-state index >= 15 is 0 Å². The fraction of sp³-hybridized carbons (Fsp3) is 1.00. The van der Waals surface area contributed by atoms with E-state index in [1.54, 1.807) is 0 Å². The summed E-state index contributed by atoms with van der Waals surface area (Å²) in [5, 5.41) is 0. The standard InChI is InChI=1S/C17H32/c1-7-13-12(6)16-11(5)10(4)14(8-2)17(16)15(13)9-3/h10-17H,7-9H2,1-6H3. The molecule has 0 spiro atoms. The third kappa shape index (κ3) is 1.78. The van der Waals surface area contributed by atoms with Crippen molar-refractivity contribution in [2.75, 3.05) is 0 Å². The van der Waals surface area contributed by atoms with E-state index < -0.39 is 0 Å². The molecule has 17 heavy (non-hydrogen) atoms. The van der Waals surface area contributed by atoms with Crippen molar-refractivity contribution in [3.63, 3.8) is 0 Å². The predicted octanol–water partition coefficient (Wildman–Crippen LogP) is 5.23. The molecule has 2 fully saturated rings. The summed E-state index contributed by atoms with van der Waals surface area (Å²) in [5.41, 5.74) is 0. The van der Waals surface area contributed by atoms with Gasteiger partial charge in [0.15, 0.2) is 0 Å². The smallest absolute Gasteiger partial charge is 0.0319 e. The van der Waals surface area contributed by atoms with Gasteiger partial charge in [-0.2, -0.15) is 0 Å². The minimum absolute atomic E-state index is 0.962. The topological polar surface area (TPSA) is 0 Å². The first-order chi connectivity index (χ1) is 8.08. The molecule has 100 valence electrons. The third-order valence-electron chi connectivity index (χ3n) is 6.79. The lowest BCUT2D eigenvalue weighted by molar-refractivity contribution is 0.187. The monoisotopic (exact) mass is 236 g/mol. The van der Waals surface area contributed by atoms with Crippen LogP contribution in [0.15, 0.2) is 0 Å². The van der Waals surface area contributed by atoms with Crippen molar-refractivity contribution in [3.8, 4) is 0 Å². The molecule has 2 saturated carbocycles. The van der Waals surface area contributed by atoms with E-state index in [0.717, 1.165) is 47.3 Å². The van der Waals surface area contributed by atoms with Crippen molar-refractivity contribution in [1.82, 2.24) is 0 Å². The van der Waals surface area contributed by atoms with Crippen LogP contribution in [0, 0.1) is 47.3 Å². The molecule has 8 atom stereocenters. The van der Waals surface area contributed by atoms with Gasteiger partial charge in [-0.3, -0.25) is 0 Å². The lowest BCUT2D eigenvalue weighted by Gasteiger charge is -2.30. The van der Waals surface area contributed by atoms with Crippen LogP contribution in [0.2, 0.25) is 0 Å². The number of fused-ring (bicyclic) bond motifs is 1. The van der Waals surface area contributed by atoms with E-state index in [2.05, 4.69) is 41.5 Å². The van der Waals surface area contributed by atoms with Crippen molar-refractivity contribution in [2.24, 2.45) is 47.3 Å². The zero-order valence-corrected chi connectivity index (χ0v) is 12.7. The van der Waals surface area contributed by atoms with E-state index in [9.17, 15) is 0 Å². The minimum atomic E-state index is 0.962. The highest BCUT2D eigenvalue weighted by Gasteiger charge is 2.57. The van der Waals surface area contributed by atoms with E-state index in [1.807, 2.05) is 0 Å². The van der Waals surface area contributed by atoms with Gasteiger partial charge in [0.05, 0.1) is 0 Å². The summed E-state index contributed by atoms with van der Waals surface area (Å²) in [4.78, 5) is 0. The Bertz CT molecular complexity index is 257. The minimum Gasteiger partial charge on any atom is -0.0651 e. The van der Waals surface area contributed by atoms with Crippen LogP contribution in [0.4, 0.5) is 0 Å². The van der Waals surface area contributed by atoms with Gasteiger partial charge in [0.2, 0.25) is 0 Å². The molecule has 0 aromatic carbocycles. The van der Waals surface area contributed by atoms with Crippen LogP contribution >= 0.6 is 0 Å². The summed E-state index contributed by atoms with van der Waals surface area (Å²) in [7, 11) is 0. The highest BCUT2D eigenvalue weighted by Crippen LogP contribution is 2.62. The van der Waals surface area contributed by atoms with E-state index in [1.165, 1.54) is 19.3 Å². The Morgan fingerprint density at radius 3 is 1.53 bits per heavy atom. The van der Waals surface area contributed by atoms with E-state index in [4.69, 9.17) is 0 Å². The number of hydrogen-bond donors (Lipinski definition) is 0. The first-order valence-electron chi connectivity index (χ1n) is 8.08. The molecule has 8 unspecified atom stereocenters. The molecule has 0 heterocycles. The molecule has 2 aliphatic carbocycles. The van der Waals surface area contributed by atoms with E-state index in [-0.39, 0.29) is 0 Å². The van der Waals surface area contributed by atoms with E-state index in [0.29, 0.717) is 0 Å². The Labute approximate surface area is 109 Å². The van der Waals surface area contributed by atoms with Gasteiger partial charge < -0.3 is 0 Å². The molecule has 0 bridgehead atoms. The van der Waals surface area contributed by atoms with Crippen LogP contribution in [0.25, 0.3) is 0 Å². The molecule has 0 aromatic rings. The SMILES string of the molecule is CCC1C(C)C2C(C)C(C)C(CC)C2C1CC. The maximum absolute atomic E-state index is 2.56. The Balaban J connectivity index is 2.31. The maximum Gasteiger partial charge on any atom is -0.0319 e. The van der Waals surface area contributed by atoms with Crippen LogP contribution < -0.4 is 0 Å². The van der Waals surface area contributed by atoms with Gasteiger partial charge >= 0.3 is 0 Å². The Morgan fingerprint density at radius 1 is 0.529 bits per heavy atom. The Kier molecular flexibility index (Phi) is 3.90. The van der Waals surface area contributed by atoms with Crippen molar-refractivity contribution in [3.05, 3.63) is 0 Å². The van der Waals surface area contributed by atoms with Gasteiger partial charge in [-0.25, -0.2) is 0 Å². The van der Waals surface area contributed by atoms with Gasteiger partial charge in [0.25, 0.3) is 0 Å². The summed E-state index contributed by atoms with van der Waals surface area (Å²) < 4.78 is 0. The quantitative estimate of drug-likeness (QED) is 0.629. The molecule has 0 aliphatic heterocycles. The van der Waals surface area contributed by atoms with Crippen LogP contribution in [0.5, 0.6) is 0 Å². The highest BCUT2D eigenvalue weighted by atomic mass is 14.6. The second kappa shape index (κ2) is 4.94. The summed E-state index contributed by atoms with van der Waals surface area (Å²) in [6.07, 6.45) is 4.23. The fourth-order valence-corrected chi connectivity index (χ4v) is 6.01. The second-order valence-corrected chi connectivity index (χ2v) is 6.95. The summed E-state index contributed by atoms with van der Waals surface area (Å²) in [5.74, 6) is 8.04. The van der Waals surface area contributed by atoms with Crippen molar-refractivity contribution < 1.29 is 0 Å². The average Bonchev–Trinajstić information content (AvgIpc) is 2.74. The average molecular weight is 236 g/mol. The van der Waals surface area contributed by atoms with Crippen LogP contribution in [0.1, 0.15) is 60.8 Å². The number of hydrogen-bond acceptors (Lipinski definition) is 0. The Morgan fingerprint density at radius 2 is 1.06 bits per heavy atom. The lowest BCUT2D eigenvalue weighted by Crippen LogP contribution is -2.23. The van der Waals surface area contributed by atoms with Gasteiger partial charge in [-0.1, -0.05) is 60.8 Å². The van der Waals surface area contributed by atoms with Crippen LogP contribution in [-0.4, -0.2) is 0 Å². The molecule has 0 saturated heterocycles. The third-order valence-corrected chi connectivity index (χ3v) is 6.79. The molecule has 2 rings (SSSR count). The molecule has 0 heteroatoms. The second-order valence-electron chi connectivity index (χ2n) is 6.95. The summed E-state index contributed by atoms with van der Waals surface area (Å²) >= 11 is 0. The van der Waals surface area contributed by atoms with Crippen molar-refractivity contribution >= 4 is 0 Å². The Hall–Kier alpha value is 0. The van der Waals surface area contributed by atoms with Gasteiger partial charge in [0, 0.05) is 0 Å². The molecular formula is C17H32. The first-order valence-corrected chi connectivity index (χ1v) is 8.08. The lowest BCUT2D eigenvalue weighted by atomic mass is 9.75. The van der Waals surface area contributed by atoms with Gasteiger partial charge in [-0.05, 0) is 47.3 Å². The van der Waals surface area contributed by atoms with Gasteiger partial charge in [0.1, 0.15) is 0 Å². The number of rotatable bonds is 3. The molecule has 0 radical (unpaired) electrons. The zero-order chi connectivity index (χ0) is 12.7. The zero-order valence-electron chi connectivity index (χ0n) is 12.7. The largest absolute Gasteiger partial charge is 0.0651 e. The molecule has 0 nitrogen and oxygen atoms in total. The molecule has 0 aromatic heterocycles. The highest BCUT2D eigenvalue weighted by molar-refractivity contribution is 5.04. The van der Waals surface area contributed by atoms with Crippen molar-refractivity contribution in [1.29, 1.82) is 0 Å². The van der Waals surface area contributed by atoms with Crippen LogP contribution in [0.3, 0.4) is 0 Å². The van der Waals surface area contributed by atoms with Gasteiger partial charge in [-0.15, -0.1) is 0 Å². The normalized spacial score (nSPS) is 54.0. The fourth-order valence-electron chi connectivity index (χ4n) is 6.01. The predicted molar refractivity (Wildman–Crippen MR) is 75.8 cm³/mol. The maximum atomic E-state index is 2.56. The molecule has 0 amide bonds. The summed E-state index contributed by atoms with van der Waals surface area (Å²) in [6.45, 7) is 14.9. The molecule has 2 aliphatic rings. The van der Waals surface area contributed by atoms with Crippen LogP contribution in [-0.2, 0) is 0 Å². The summed E-state index contributed by atoms with van der Waals surface area (Å²) in [6, 6.07) is 0.